The van der Waals surface area contributed by atoms with Crippen LogP contribution in [0.15, 0.2) is 36.8 Å². The van der Waals surface area contributed by atoms with E-state index in [0.717, 1.165) is 21.9 Å². The molecule has 2 heterocycles. The second-order valence-corrected chi connectivity index (χ2v) is 3.16. The van der Waals surface area contributed by atoms with Gasteiger partial charge in [-0.05, 0) is 6.07 Å². The lowest BCUT2D eigenvalue weighted by Crippen LogP contribution is -2.05. The molecular weight excluding hydrogens is 212 g/mol. The number of rotatable bonds is 0. The quantitative estimate of drug-likeness (QED) is 0.587. The van der Waals surface area contributed by atoms with Crippen LogP contribution in [-0.4, -0.2) is 14.6 Å². The third-order valence-corrected chi connectivity index (χ3v) is 2.31. The average Bonchev–Trinajstić information content (AvgIpc) is 2.61. The molecule has 0 amide bonds. The van der Waals surface area contributed by atoms with Gasteiger partial charge in [0.1, 0.15) is 17.4 Å². The highest BCUT2D eigenvalue weighted by Crippen LogP contribution is 2.20. The molecule has 2 N–H and O–H groups in total. The number of hydrogen-bond donors (Lipinski definition) is 1. The van der Waals surface area contributed by atoms with Crippen molar-refractivity contribution in [2.75, 3.05) is 5.84 Å². The van der Waals surface area contributed by atoms with Crippen molar-refractivity contribution >= 4 is 34.3 Å². The Balaban J connectivity index is 0.000000853. The van der Waals surface area contributed by atoms with E-state index in [1.165, 1.54) is 4.68 Å². The molecular formula is C10H9ClN4. The number of benzene rings is 1. The van der Waals surface area contributed by atoms with Gasteiger partial charge in [0, 0.05) is 5.39 Å². The number of hydrogen-bond acceptors (Lipinski definition) is 3. The molecule has 3 rings (SSSR count). The summed E-state index contributed by atoms with van der Waals surface area (Å²) in [4.78, 5) is 8.44. The molecule has 0 atom stereocenters. The maximum Gasteiger partial charge on any atom is 0.115 e. The molecule has 76 valence electrons. The summed E-state index contributed by atoms with van der Waals surface area (Å²) >= 11 is 0. The van der Waals surface area contributed by atoms with Crippen LogP contribution in [0.5, 0.6) is 0 Å². The molecule has 0 fully saturated rings. The number of aromatic nitrogens is 3. The number of halogens is 1. The third kappa shape index (κ3) is 1.30. The Labute approximate surface area is 92.1 Å². The molecule has 0 aliphatic rings. The van der Waals surface area contributed by atoms with Crippen molar-refractivity contribution in [1.82, 2.24) is 14.6 Å². The van der Waals surface area contributed by atoms with Gasteiger partial charge in [-0.15, -0.1) is 12.4 Å². The minimum atomic E-state index is 0. The van der Waals surface area contributed by atoms with Crippen LogP contribution >= 0.6 is 12.4 Å². The molecule has 0 bridgehead atoms. The smallest absolute Gasteiger partial charge is 0.115 e. The van der Waals surface area contributed by atoms with Crippen LogP contribution in [0.25, 0.3) is 21.9 Å². The number of nitrogens with zero attached hydrogens (tertiary/aromatic N) is 3. The van der Waals surface area contributed by atoms with Crippen molar-refractivity contribution in [3.05, 3.63) is 36.8 Å². The predicted octanol–water partition coefficient (Wildman–Crippen LogP) is 1.72. The molecule has 0 aliphatic carbocycles. The largest absolute Gasteiger partial charge is 0.338 e. The van der Waals surface area contributed by atoms with Crippen LogP contribution in [0.4, 0.5) is 0 Å². The molecule has 5 heteroatoms. The van der Waals surface area contributed by atoms with Crippen LogP contribution in [0.1, 0.15) is 0 Å². The highest BCUT2D eigenvalue weighted by Gasteiger charge is 2.05. The summed E-state index contributed by atoms with van der Waals surface area (Å²) in [5, 5.41) is 1.03. The van der Waals surface area contributed by atoms with Crippen LogP contribution in [0.2, 0.25) is 0 Å². The number of para-hydroxylation sites is 1. The molecule has 1 aromatic carbocycles. The summed E-state index contributed by atoms with van der Waals surface area (Å²) in [6, 6.07) is 7.88. The second-order valence-electron chi connectivity index (χ2n) is 3.16. The van der Waals surface area contributed by atoms with Gasteiger partial charge in [-0.2, -0.15) is 0 Å². The predicted molar refractivity (Wildman–Crippen MR) is 62.4 cm³/mol. The van der Waals surface area contributed by atoms with Crippen LogP contribution < -0.4 is 5.84 Å². The average molecular weight is 221 g/mol. The summed E-state index contributed by atoms with van der Waals surface area (Å²) in [6.45, 7) is 0. The van der Waals surface area contributed by atoms with E-state index in [2.05, 4.69) is 9.97 Å². The van der Waals surface area contributed by atoms with Crippen molar-refractivity contribution < 1.29 is 0 Å². The fraction of sp³-hybridized carbons (Fsp3) is 0. The van der Waals surface area contributed by atoms with E-state index in [4.69, 9.17) is 5.84 Å². The molecule has 0 saturated carbocycles. The first-order chi connectivity index (χ1) is 6.86. The Morgan fingerprint density at radius 3 is 2.73 bits per heavy atom. The van der Waals surface area contributed by atoms with E-state index in [0.29, 0.717) is 0 Å². The van der Waals surface area contributed by atoms with Gasteiger partial charge < -0.3 is 5.84 Å². The molecule has 0 aliphatic heterocycles. The zero-order chi connectivity index (χ0) is 9.54. The molecule has 2 aromatic heterocycles. The molecule has 0 saturated heterocycles. The highest BCUT2D eigenvalue weighted by atomic mass is 35.5. The zero-order valence-corrected chi connectivity index (χ0v) is 8.61. The highest BCUT2D eigenvalue weighted by molar-refractivity contribution is 6.01. The SMILES string of the molecule is Cl.Nn1cnc2cnc3ccccc3c21. The van der Waals surface area contributed by atoms with E-state index >= 15 is 0 Å². The summed E-state index contributed by atoms with van der Waals surface area (Å²) in [5.41, 5.74) is 2.69. The van der Waals surface area contributed by atoms with Crippen molar-refractivity contribution in [2.24, 2.45) is 0 Å². The number of nitrogens with two attached hydrogens (primary N) is 1. The van der Waals surface area contributed by atoms with Gasteiger partial charge in [-0.25, -0.2) is 9.66 Å². The minimum Gasteiger partial charge on any atom is -0.338 e. The summed E-state index contributed by atoms with van der Waals surface area (Å²) < 4.78 is 1.53. The maximum atomic E-state index is 5.77. The number of pyridine rings is 1. The first kappa shape index (κ1) is 9.73. The van der Waals surface area contributed by atoms with Gasteiger partial charge in [-0.3, -0.25) is 4.98 Å². The van der Waals surface area contributed by atoms with Crippen molar-refractivity contribution in [3.63, 3.8) is 0 Å². The molecule has 0 spiro atoms. The van der Waals surface area contributed by atoms with E-state index in [9.17, 15) is 0 Å². The molecule has 0 radical (unpaired) electrons. The standard InChI is InChI=1S/C10H8N4.ClH/c11-14-6-13-9-5-12-8-4-2-1-3-7(8)10(9)14;/h1-6H,11H2;1H. The number of imidazole rings is 1. The zero-order valence-electron chi connectivity index (χ0n) is 7.79. The Morgan fingerprint density at radius 1 is 1.07 bits per heavy atom. The first-order valence-corrected chi connectivity index (χ1v) is 4.32. The first-order valence-electron chi connectivity index (χ1n) is 4.32. The van der Waals surface area contributed by atoms with Crippen LogP contribution in [0.3, 0.4) is 0 Å². The van der Waals surface area contributed by atoms with E-state index in [1.54, 1.807) is 12.5 Å². The monoisotopic (exact) mass is 220 g/mol. The van der Waals surface area contributed by atoms with Gasteiger partial charge in [0.05, 0.1) is 11.7 Å². The Hall–Kier alpha value is -1.81. The van der Waals surface area contributed by atoms with Gasteiger partial charge in [0.25, 0.3) is 0 Å². The topological polar surface area (TPSA) is 56.7 Å². The summed E-state index contributed by atoms with van der Waals surface area (Å²) in [5.74, 6) is 5.77. The summed E-state index contributed by atoms with van der Waals surface area (Å²) in [7, 11) is 0. The van der Waals surface area contributed by atoms with Crippen LogP contribution in [0, 0.1) is 0 Å². The Kier molecular flexibility index (Phi) is 2.21. The van der Waals surface area contributed by atoms with Gasteiger partial charge in [-0.1, -0.05) is 18.2 Å². The van der Waals surface area contributed by atoms with Gasteiger partial charge in [0.15, 0.2) is 0 Å². The Bertz CT molecular complexity index is 617. The Morgan fingerprint density at radius 2 is 1.87 bits per heavy atom. The van der Waals surface area contributed by atoms with Gasteiger partial charge >= 0.3 is 0 Å². The number of fused-ring (bicyclic) bond motifs is 3. The molecule has 3 aromatic rings. The van der Waals surface area contributed by atoms with Crippen LogP contribution in [-0.2, 0) is 0 Å². The van der Waals surface area contributed by atoms with Crippen molar-refractivity contribution in [2.45, 2.75) is 0 Å². The van der Waals surface area contributed by atoms with Gasteiger partial charge in [0.2, 0.25) is 0 Å². The fourth-order valence-electron chi connectivity index (χ4n) is 1.66. The van der Waals surface area contributed by atoms with Crippen molar-refractivity contribution in [3.8, 4) is 0 Å². The lowest BCUT2D eigenvalue weighted by atomic mass is 10.2. The van der Waals surface area contributed by atoms with E-state index in [-0.39, 0.29) is 12.4 Å². The summed E-state index contributed by atoms with van der Waals surface area (Å²) in [6.07, 6.45) is 3.33. The lowest BCUT2D eigenvalue weighted by Gasteiger charge is -1.99. The van der Waals surface area contributed by atoms with E-state index < -0.39 is 0 Å². The fourth-order valence-corrected chi connectivity index (χ4v) is 1.66. The number of nitrogen functional groups attached to an aromatic ring is 1. The third-order valence-electron chi connectivity index (χ3n) is 2.31. The minimum absolute atomic E-state index is 0. The molecule has 0 unspecified atom stereocenters. The van der Waals surface area contributed by atoms with Crippen molar-refractivity contribution in [1.29, 1.82) is 0 Å². The molecule has 15 heavy (non-hydrogen) atoms. The normalized spacial score (nSPS) is 10.4. The lowest BCUT2D eigenvalue weighted by molar-refractivity contribution is 1.04. The van der Waals surface area contributed by atoms with E-state index in [1.807, 2.05) is 24.3 Å². The molecule has 4 nitrogen and oxygen atoms in total. The second kappa shape index (κ2) is 3.40. The maximum absolute atomic E-state index is 5.77.